The largest absolute Gasteiger partial charge is 0.347 e. The predicted molar refractivity (Wildman–Crippen MR) is 90.2 cm³/mol. The van der Waals surface area contributed by atoms with Gasteiger partial charge in [-0.3, -0.25) is 4.98 Å². The van der Waals surface area contributed by atoms with E-state index in [0.29, 0.717) is 5.92 Å². The molecular weight excluding hydrogens is 294 g/mol. The molecule has 3 heterocycles. The first-order valence-corrected chi connectivity index (χ1v) is 8.67. The second-order valence-electron chi connectivity index (χ2n) is 6.01. The van der Waals surface area contributed by atoms with Gasteiger partial charge in [-0.15, -0.1) is 0 Å². The highest BCUT2D eigenvalue weighted by Gasteiger charge is 2.25. The molecule has 22 heavy (non-hydrogen) atoms. The number of aryl methyl sites for hydroxylation is 1. The second-order valence-corrected chi connectivity index (χ2v) is 6.74. The van der Waals surface area contributed by atoms with Gasteiger partial charge in [-0.05, 0) is 31.0 Å². The van der Waals surface area contributed by atoms with E-state index in [2.05, 4.69) is 44.2 Å². The van der Waals surface area contributed by atoms with Crippen molar-refractivity contribution in [1.29, 1.82) is 0 Å². The van der Waals surface area contributed by atoms with Crippen molar-refractivity contribution in [2.24, 2.45) is 5.92 Å². The number of anilines is 1. The number of hydrogen-bond donors (Lipinski definition) is 0. The van der Waals surface area contributed by atoms with Crippen molar-refractivity contribution in [3.63, 3.8) is 0 Å². The van der Waals surface area contributed by atoms with E-state index in [1.807, 2.05) is 18.5 Å². The molecule has 0 saturated carbocycles. The molecule has 2 aromatic heterocycles. The molecule has 1 fully saturated rings. The van der Waals surface area contributed by atoms with E-state index in [0.717, 1.165) is 43.6 Å². The van der Waals surface area contributed by atoms with Crippen LogP contribution in [0.15, 0.2) is 24.5 Å². The minimum Gasteiger partial charge on any atom is -0.347 e. The van der Waals surface area contributed by atoms with Crippen molar-refractivity contribution in [2.75, 3.05) is 31.6 Å². The first-order valence-electron chi connectivity index (χ1n) is 7.89. The van der Waals surface area contributed by atoms with Gasteiger partial charge in [-0.25, -0.2) is 4.98 Å². The number of hydrogen-bond acceptors (Lipinski definition) is 6. The Morgan fingerprint density at radius 3 is 3.09 bits per heavy atom. The van der Waals surface area contributed by atoms with E-state index in [4.69, 9.17) is 0 Å². The summed E-state index contributed by atoms with van der Waals surface area (Å²) in [5, 5.41) is 1.09. The van der Waals surface area contributed by atoms with Crippen LogP contribution in [0.4, 0.5) is 5.13 Å². The summed E-state index contributed by atoms with van der Waals surface area (Å²) in [7, 11) is 2.19. The van der Waals surface area contributed by atoms with Crippen molar-refractivity contribution < 1.29 is 0 Å². The van der Waals surface area contributed by atoms with Crippen LogP contribution in [0.5, 0.6) is 0 Å². The number of rotatable bonds is 6. The molecular formula is C16H23N5S. The van der Waals surface area contributed by atoms with Crippen molar-refractivity contribution >= 4 is 16.7 Å². The molecule has 0 aromatic carbocycles. The molecule has 0 spiro atoms. The molecule has 1 saturated heterocycles. The Morgan fingerprint density at radius 2 is 2.36 bits per heavy atom. The monoisotopic (exact) mass is 317 g/mol. The Bertz CT molecular complexity index is 585. The highest BCUT2D eigenvalue weighted by atomic mass is 32.1. The van der Waals surface area contributed by atoms with E-state index >= 15 is 0 Å². The average Bonchev–Trinajstić information content (AvgIpc) is 3.16. The van der Waals surface area contributed by atoms with Gasteiger partial charge in [0, 0.05) is 56.5 Å². The molecule has 118 valence electrons. The molecule has 6 heteroatoms. The maximum atomic E-state index is 4.60. The van der Waals surface area contributed by atoms with E-state index in [1.54, 1.807) is 0 Å². The lowest BCUT2D eigenvalue weighted by Gasteiger charge is -2.21. The smallest absolute Gasteiger partial charge is 0.205 e. The molecule has 0 radical (unpaired) electrons. The summed E-state index contributed by atoms with van der Waals surface area (Å²) in [4.78, 5) is 13.6. The number of aromatic nitrogens is 3. The summed E-state index contributed by atoms with van der Waals surface area (Å²) in [6.45, 7) is 6.37. The maximum Gasteiger partial charge on any atom is 0.205 e. The first kappa shape index (κ1) is 15.4. The number of nitrogens with zero attached hydrogens (tertiary/aromatic N) is 5. The van der Waals surface area contributed by atoms with Gasteiger partial charge in [0.2, 0.25) is 5.13 Å². The third kappa shape index (κ3) is 3.81. The van der Waals surface area contributed by atoms with Crippen LogP contribution >= 0.6 is 11.5 Å². The van der Waals surface area contributed by atoms with Gasteiger partial charge in [-0.2, -0.15) is 4.37 Å². The van der Waals surface area contributed by atoms with Crippen LogP contribution in [-0.4, -0.2) is 45.9 Å². The summed E-state index contributed by atoms with van der Waals surface area (Å²) in [5.41, 5.74) is 1.27. The van der Waals surface area contributed by atoms with Crippen LogP contribution in [0.1, 0.15) is 24.7 Å². The zero-order valence-electron chi connectivity index (χ0n) is 13.3. The van der Waals surface area contributed by atoms with E-state index in [9.17, 15) is 0 Å². The summed E-state index contributed by atoms with van der Waals surface area (Å²) in [6, 6.07) is 4.14. The van der Waals surface area contributed by atoms with Crippen molar-refractivity contribution in [3.05, 3.63) is 35.9 Å². The van der Waals surface area contributed by atoms with Gasteiger partial charge in [0.25, 0.3) is 0 Å². The van der Waals surface area contributed by atoms with Crippen LogP contribution in [0, 0.1) is 5.92 Å². The van der Waals surface area contributed by atoms with Gasteiger partial charge in [-0.1, -0.05) is 13.0 Å². The Balaban J connectivity index is 1.50. The van der Waals surface area contributed by atoms with E-state index < -0.39 is 0 Å². The number of pyridine rings is 1. The zero-order valence-corrected chi connectivity index (χ0v) is 14.1. The standard InChI is InChI=1S/C16H23N5S/c1-3-15-18-16(22-19-15)21-8-6-14(12-21)11-20(2)10-13-5-4-7-17-9-13/h4-5,7,9,14H,3,6,8,10-12H2,1-2H3/t14-/m0/s1. The zero-order chi connectivity index (χ0) is 15.4. The SMILES string of the molecule is CCc1nsc(N2CC[C@@H](CN(C)Cc3cccnc3)C2)n1. The Kier molecular flexibility index (Phi) is 5.00. The minimum absolute atomic E-state index is 0.704. The van der Waals surface area contributed by atoms with Crippen LogP contribution < -0.4 is 4.90 Å². The maximum absolute atomic E-state index is 4.60. The fourth-order valence-electron chi connectivity index (χ4n) is 2.98. The molecule has 3 rings (SSSR count). The summed E-state index contributed by atoms with van der Waals surface area (Å²) in [5.74, 6) is 1.67. The van der Waals surface area contributed by atoms with Crippen molar-refractivity contribution in [1.82, 2.24) is 19.2 Å². The van der Waals surface area contributed by atoms with Crippen LogP contribution in [0.25, 0.3) is 0 Å². The molecule has 1 atom stereocenters. The summed E-state index contributed by atoms with van der Waals surface area (Å²) < 4.78 is 4.39. The average molecular weight is 317 g/mol. The lowest BCUT2D eigenvalue weighted by atomic mass is 10.1. The quantitative estimate of drug-likeness (QED) is 0.819. The Morgan fingerprint density at radius 1 is 1.45 bits per heavy atom. The Hall–Kier alpha value is -1.53. The Labute approximate surface area is 136 Å². The molecule has 5 nitrogen and oxygen atoms in total. The molecule has 1 aliphatic rings. The minimum atomic E-state index is 0.704. The summed E-state index contributed by atoms with van der Waals surface area (Å²) in [6.07, 6.45) is 5.93. The molecule has 1 aliphatic heterocycles. The normalized spacial score (nSPS) is 18.3. The van der Waals surface area contributed by atoms with Crippen molar-refractivity contribution in [2.45, 2.75) is 26.3 Å². The highest BCUT2D eigenvalue weighted by molar-refractivity contribution is 7.09. The fourth-order valence-corrected chi connectivity index (χ4v) is 3.77. The molecule has 0 unspecified atom stereocenters. The van der Waals surface area contributed by atoms with Gasteiger partial charge in [0.05, 0.1) is 0 Å². The molecule has 0 N–H and O–H groups in total. The molecule has 0 bridgehead atoms. The topological polar surface area (TPSA) is 45.2 Å². The first-order chi connectivity index (χ1) is 10.7. The third-order valence-corrected chi connectivity index (χ3v) is 4.89. The van der Waals surface area contributed by atoms with Gasteiger partial charge in [0.15, 0.2) is 0 Å². The predicted octanol–water partition coefficient (Wildman–Crippen LogP) is 2.45. The van der Waals surface area contributed by atoms with Crippen LogP contribution in [0.3, 0.4) is 0 Å². The van der Waals surface area contributed by atoms with Crippen LogP contribution in [-0.2, 0) is 13.0 Å². The van der Waals surface area contributed by atoms with Crippen molar-refractivity contribution in [3.8, 4) is 0 Å². The molecule has 0 aliphatic carbocycles. The fraction of sp³-hybridized carbons (Fsp3) is 0.562. The van der Waals surface area contributed by atoms with Gasteiger partial charge < -0.3 is 9.80 Å². The highest BCUT2D eigenvalue weighted by Crippen LogP contribution is 2.26. The molecule has 0 amide bonds. The summed E-state index contributed by atoms with van der Waals surface area (Å²) >= 11 is 1.54. The lowest BCUT2D eigenvalue weighted by Crippen LogP contribution is -2.28. The molecule has 2 aromatic rings. The van der Waals surface area contributed by atoms with E-state index in [-0.39, 0.29) is 0 Å². The van der Waals surface area contributed by atoms with Gasteiger partial charge in [0.1, 0.15) is 5.82 Å². The third-order valence-electron chi connectivity index (χ3n) is 4.08. The van der Waals surface area contributed by atoms with Gasteiger partial charge >= 0.3 is 0 Å². The van der Waals surface area contributed by atoms with Crippen LogP contribution in [0.2, 0.25) is 0 Å². The lowest BCUT2D eigenvalue weighted by molar-refractivity contribution is 0.279. The second kappa shape index (κ2) is 7.15. The van der Waals surface area contributed by atoms with E-state index in [1.165, 1.54) is 23.5 Å².